The molecule has 2 aromatic heterocycles. The summed E-state index contributed by atoms with van der Waals surface area (Å²) in [5.74, 6) is 1.57. The first-order valence-corrected chi connectivity index (χ1v) is 9.46. The van der Waals surface area contributed by atoms with Crippen molar-refractivity contribution in [1.82, 2.24) is 19.7 Å². The van der Waals surface area contributed by atoms with Gasteiger partial charge in [-0.3, -0.25) is 9.55 Å². The van der Waals surface area contributed by atoms with Crippen LogP contribution in [0.4, 0.5) is 0 Å². The Labute approximate surface area is 160 Å². The van der Waals surface area contributed by atoms with Crippen LogP contribution in [-0.2, 0) is 5.75 Å². The van der Waals surface area contributed by atoms with Crippen LogP contribution in [0, 0.1) is 0 Å². The molecule has 4 aromatic rings. The molecule has 4 rings (SSSR count). The van der Waals surface area contributed by atoms with Crippen molar-refractivity contribution in [3.8, 4) is 17.1 Å². The first-order valence-electron chi connectivity index (χ1n) is 8.10. The van der Waals surface area contributed by atoms with Gasteiger partial charge in [0.15, 0.2) is 11.0 Å². The Kier molecular flexibility index (Phi) is 5.00. The van der Waals surface area contributed by atoms with Crippen LogP contribution in [0.5, 0.6) is 0 Å². The van der Waals surface area contributed by atoms with Gasteiger partial charge in [0.2, 0.25) is 0 Å². The maximum Gasteiger partial charge on any atom is 0.196 e. The molecule has 0 spiro atoms. The highest BCUT2D eigenvalue weighted by Gasteiger charge is 2.16. The molecule has 0 aliphatic heterocycles. The van der Waals surface area contributed by atoms with Gasteiger partial charge in [0.05, 0.1) is 0 Å². The SMILES string of the molecule is Clc1ccc(-c2nnc(SCc3cccnc3)n2-c2ccccc2)cc1. The number of aromatic nitrogens is 4. The lowest BCUT2D eigenvalue weighted by atomic mass is 10.2. The number of thioether (sulfide) groups is 1. The van der Waals surface area contributed by atoms with E-state index >= 15 is 0 Å². The van der Waals surface area contributed by atoms with Crippen molar-refractivity contribution in [3.05, 3.63) is 89.7 Å². The molecule has 2 aromatic carbocycles. The van der Waals surface area contributed by atoms with Crippen molar-refractivity contribution in [3.63, 3.8) is 0 Å². The molecule has 0 saturated carbocycles. The number of hydrogen-bond donors (Lipinski definition) is 0. The normalized spacial score (nSPS) is 10.8. The van der Waals surface area contributed by atoms with Gasteiger partial charge in [-0.05, 0) is 48.0 Å². The van der Waals surface area contributed by atoms with E-state index in [9.17, 15) is 0 Å². The first-order chi connectivity index (χ1) is 12.8. The number of halogens is 1. The van der Waals surface area contributed by atoms with Crippen molar-refractivity contribution in [1.29, 1.82) is 0 Å². The Morgan fingerprint density at radius 2 is 1.69 bits per heavy atom. The molecule has 6 heteroatoms. The smallest absolute Gasteiger partial charge is 0.196 e. The van der Waals surface area contributed by atoms with Crippen LogP contribution in [0.1, 0.15) is 5.56 Å². The Morgan fingerprint density at radius 3 is 2.42 bits per heavy atom. The van der Waals surface area contributed by atoms with E-state index in [0.29, 0.717) is 5.02 Å². The molecule has 0 N–H and O–H groups in total. The summed E-state index contributed by atoms with van der Waals surface area (Å²) in [7, 11) is 0. The predicted molar refractivity (Wildman–Crippen MR) is 106 cm³/mol. The summed E-state index contributed by atoms with van der Waals surface area (Å²) in [4.78, 5) is 4.17. The zero-order valence-corrected chi connectivity index (χ0v) is 15.4. The molecular formula is C20H15ClN4S. The average Bonchev–Trinajstić information content (AvgIpc) is 3.12. The second-order valence-corrected chi connectivity index (χ2v) is 7.01. The van der Waals surface area contributed by atoms with E-state index in [2.05, 4.69) is 37.9 Å². The van der Waals surface area contributed by atoms with Crippen LogP contribution in [-0.4, -0.2) is 19.7 Å². The van der Waals surface area contributed by atoms with Crippen LogP contribution in [0.15, 0.2) is 84.3 Å². The zero-order chi connectivity index (χ0) is 17.8. The van der Waals surface area contributed by atoms with Crippen molar-refractivity contribution < 1.29 is 0 Å². The molecule has 0 saturated heterocycles. The summed E-state index contributed by atoms with van der Waals surface area (Å²) in [5.41, 5.74) is 3.14. The summed E-state index contributed by atoms with van der Waals surface area (Å²) >= 11 is 7.66. The lowest BCUT2D eigenvalue weighted by Gasteiger charge is -2.10. The summed E-state index contributed by atoms with van der Waals surface area (Å²) < 4.78 is 2.07. The highest BCUT2D eigenvalue weighted by Crippen LogP contribution is 2.30. The van der Waals surface area contributed by atoms with Gasteiger partial charge in [0.1, 0.15) is 0 Å². The molecule has 26 heavy (non-hydrogen) atoms. The topological polar surface area (TPSA) is 43.6 Å². The van der Waals surface area contributed by atoms with Crippen LogP contribution in [0.3, 0.4) is 0 Å². The minimum absolute atomic E-state index is 0.700. The van der Waals surface area contributed by atoms with E-state index in [1.54, 1.807) is 18.0 Å². The van der Waals surface area contributed by atoms with E-state index in [0.717, 1.165) is 33.5 Å². The van der Waals surface area contributed by atoms with Crippen LogP contribution in [0.2, 0.25) is 5.02 Å². The minimum atomic E-state index is 0.700. The van der Waals surface area contributed by atoms with Gasteiger partial charge in [-0.1, -0.05) is 47.6 Å². The number of nitrogens with zero attached hydrogens (tertiary/aromatic N) is 4. The molecule has 128 valence electrons. The van der Waals surface area contributed by atoms with E-state index in [1.165, 1.54) is 0 Å². The molecular weight excluding hydrogens is 364 g/mol. The first kappa shape index (κ1) is 16.8. The molecule has 0 aliphatic rings. The molecule has 0 fully saturated rings. The van der Waals surface area contributed by atoms with Gasteiger partial charge < -0.3 is 0 Å². The third-order valence-corrected chi connectivity index (χ3v) is 5.09. The number of benzene rings is 2. The van der Waals surface area contributed by atoms with Crippen molar-refractivity contribution in [2.75, 3.05) is 0 Å². The monoisotopic (exact) mass is 378 g/mol. The average molecular weight is 379 g/mol. The number of pyridine rings is 1. The largest absolute Gasteiger partial charge is 0.270 e. The lowest BCUT2D eigenvalue weighted by Crippen LogP contribution is -1.99. The molecule has 0 bridgehead atoms. The quantitative estimate of drug-likeness (QED) is 0.443. The Balaban J connectivity index is 1.73. The van der Waals surface area contributed by atoms with E-state index in [4.69, 9.17) is 11.6 Å². The Morgan fingerprint density at radius 1 is 0.885 bits per heavy atom. The maximum atomic E-state index is 6.03. The minimum Gasteiger partial charge on any atom is -0.270 e. The fourth-order valence-corrected chi connectivity index (χ4v) is 3.60. The zero-order valence-electron chi connectivity index (χ0n) is 13.8. The molecule has 0 amide bonds. The van der Waals surface area contributed by atoms with Gasteiger partial charge in [-0.25, -0.2) is 0 Å². The van der Waals surface area contributed by atoms with Crippen molar-refractivity contribution >= 4 is 23.4 Å². The predicted octanol–water partition coefficient (Wildman–Crippen LogP) is 5.28. The van der Waals surface area contributed by atoms with E-state index in [1.807, 2.05) is 54.7 Å². The Hall–Kier alpha value is -2.63. The van der Waals surface area contributed by atoms with Gasteiger partial charge in [0.25, 0.3) is 0 Å². The van der Waals surface area contributed by atoms with Crippen LogP contribution in [0.25, 0.3) is 17.1 Å². The summed E-state index contributed by atoms with van der Waals surface area (Å²) in [6.07, 6.45) is 3.65. The van der Waals surface area contributed by atoms with Gasteiger partial charge in [-0.2, -0.15) is 0 Å². The van der Waals surface area contributed by atoms with Crippen LogP contribution >= 0.6 is 23.4 Å². The summed E-state index contributed by atoms with van der Waals surface area (Å²) in [6, 6.07) is 21.8. The maximum absolute atomic E-state index is 6.03. The fourth-order valence-electron chi connectivity index (χ4n) is 2.59. The van der Waals surface area contributed by atoms with E-state index in [-0.39, 0.29) is 0 Å². The number of rotatable bonds is 5. The molecule has 0 unspecified atom stereocenters. The van der Waals surface area contributed by atoms with Gasteiger partial charge in [0, 0.05) is 34.4 Å². The third-order valence-electron chi connectivity index (χ3n) is 3.84. The van der Waals surface area contributed by atoms with E-state index < -0.39 is 0 Å². The van der Waals surface area contributed by atoms with Crippen molar-refractivity contribution in [2.24, 2.45) is 0 Å². The number of hydrogen-bond acceptors (Lipinski definition) is 4. The molecule has 4 nitrogen and oxygen atoms in total. The summed E-state index contributed by atoms with van der Waals surface area (Å²) in [6.45, 7) is 0. The van der Waals surface area contributed by atoms with Crippen molar-refractivity contribution in [2.45, 2.75) is 10.9 Å². The highest BCUT2D eigenvalue weighted by atomic mass is 35.5. The third kappa shape index (κ3) is 3.64. The number of para-hydroxylation sites is 1. The van der Waals surface area contributed by atoms with Gasteiger partial charge >= 0.3 is 0 Å². The lowest BCUT2D eigenvalue weighted by molar-refractivity contribution is 0.886. The second-order valence-electron chi connectivity index (χ2n) is 5.63. The summed E-state index contributed by atoms with van der Waals surface area (Å²) in [5, 5.41) is 10.4. The standard InChI is InChI=1S/C20H15ClN4S/c21-17-10-8-16(9-11-17)19-23-24-20(25(19)18-6-2-1-3-7-18)26-14-15-5-4-12-22-13-15/h1-13H,14H2. The Bertz CT molecular complexity index is 986. The molecule has 2 heterocycles. The molecule has 0 aliphatic carbocycles. The highest BCUT2D eigenvalue weighted by molar-refractivity contribution is 7.98. The van der Waals surface area contributed by atoms with Gasteiger partial charge in [-0.15, -0.1) is 10.2 Å². The molecule has 0 radical (unpaired) electrons. The van der Waals surface area contributed by atoms with Crippen LogP contribution < -0.4 is 0 Å². The molecule has 0 atom stereocenters. The second kappa shape index (κ2) is 7.72. The fraction of sp³-hybridized carbons (Fsp3) is 0.0500.